The third-order valence-electron chi connectivity index (χ3n) is 5.31. The first-order valence-electron chi connectivity index (χ1n) is 9.72. The molecule has 0 aromatic heterocycles. The molecule has 0 unspecified atom stereocenters. The smallest absolute Gasteiger partial charge is 0.343 e. The second-order valence-electron chi connectivity index (χ2n) is 8.41. The summed E-state index contributed by atoms with van der Waals surface area (Å²) >= 11 is 0. The van der Waals surface area contributed by atoms with Gasteiger partial charge in [-0.05, 0) is 48.2 Å². The number of ketones is 1. The Kier molecular flexibility index (Phi) is 3.66. The molecule has 29 heavy (non-hydrogen) atoms. The highest BCUT2D eigenvalue weighted by molar-refractivity contribution is 6.55. The average Bonchev–Trinajstić information content (AvgIpc) is 3.15. The highest BCUT2D eigenvalue weighted by Gasteiger charge is 2.43. The maximum Gasteiger partial charge on any atom is 0.343 e. The van der Waals surface area contributed by atoms with Crippen molar-refractivity contribution in [2.24, 2.45) is 0 Å². The molecule has 142 valence electrons. The Labute approximate surface area is 169 Å². The van der Waals surface area contributed by atoms with E-state index in [0.717, 1.165) is 33.0 Å². The third-order valence-corrected chi connectivity index (χ3v) is 5.31. The minimum atomic E-state index is -0.682. The Morgan fingerprint density at radius 2 is 1.38 bits per heavy atom. The predicted octanol–water partition coefficient (Wildman–Crippen LogP) is 5.44. The quantitative estimate of drug-likeness (QED) is 0.439. The summed E-state index contributed by atoms with van der Waals surface area (Å²) in [4.78, 5) is 26.7. The largest absolute Gasteiger partial charge is 0.456 e. The number of ether oxygens (including phenoxy) is 1. The zero-order chi connectivity index (χ0) is 20.3. The molecule has 0 aliphatic heterocycles. The normalized spacial score (nSPS) is 15.3. The number of esters is 1. The fourth-order valence-corrected chi connectivity index (χ4v) is 4.30. The first kappa shape index (κ1) is 17.6. The van der Waals surface area contributed by atoms with Crippen LogP contribution in [0.15, 0.2) is 72.3 Å². The number of carbonyl (C=O) groups is 2. The molecule has 0 saturated carbocycles. The van der Waals surface area contributed by atoms with E-state index in [2.05, 4.69) is 12.1 Å². The van der Waals surface area contributed by atoms with Gasteiger partial charge < -0.3 is 4.74 Å². The molecule has 5 rings (SSSR count). The van der Waals surface area contributed by atoms with E-state index < -0.39 is 11.6 Å². The molecule has 0 heterocycles. The number of fused-ring (bicyclic) bond motifs is 3. The Morgan fingerprint density at radius 3 is 2.00 bits per heavy atom. The molecular weight excluding hydrogens is 360 g/mol. The molecule has 3 heteroatoms. The molecular formula is C26H20O3. The van der Waals surface area contributed by atoms with Crippen LogP contribution in [0.1, 0.15) is 37.5 Å². The fourth-order valence-electron chi connectivity index (χ4n) is 4.30. The van der Waals surface area contributed by atoms with Crippen LogP contribution in [0, 0.1) is 0 Å². The number of carbonyl (C=O) groups excluding carboxylic acids is 2. The minimum absolute atomic E-state index is 0.137. The zero-order valence-corrected chi connectivity index (χ0v) is 16.6. The molecule has 3 aromatic carbocycles. The number of allylic oxidation sites excluding steroid dienone is 3. The number of Topliss-reactive ketones (excluding diaryl/α,β-unsaturated/α-hetero) is 1. The Hall–Kier alpha value is -3.46. The summed E-state index contributed by atoms with van der Waals surface area (Å²) in [5.41, 5.74) is 4.31. The molecule has 2 aliphatic rings. The van der Waals surface area contributed by atoms with Gasteiger partial charge in [0.2, 0.25) is 5.78 Å². The summed E-state index contributed by atoms with van der Waals surface area (Å²) in [6, 6.07) is 21.7. The van der Waals surface area contributed by atoms with Gasteiger partial charge in [0, 0.05) is 16.7 Å². The van der Waals surface area contributed by atoms with Gasteiger partial charge in [-0.1, -0.05) is 66.7 Å². The Balaban J connectivity index is 1.84. The highest BCUT2D eigenvalue weighted by atomic mass is 16.6. The molecule has 0 saturated heterocycles. The molecule has 0 N–H and O–H groups in total. The molecule has 2 aliphatic carbocycles. The van der Waals surface area contributed by atoms with Gasteiger partial charge in [0.15, 0.2) is 0 Å². The van der Waals surface area contributed by atoms with E-state index in [1.165, 1.54) is 0 Å². The van der Waals surface area contributed by atoms with Crippen molar-refractivity contribution in [3.63, 3.8) is 0 Å². The van der Waals surface area contributed by atoms with Crippen LogP contribution in [0.4, 0.5) is 0 Å². The summed E-state index contributed by atoms with van der Waals surface area (Å²) < 4.78 is 5.63. The van der Waals surface area contributed by atoms with E-state index in [9.17, 15) is 9.59 Å². The van der Waals surface area contributed by atoms with Crippen molar-refractivity contribution < 1.29 is 14.3 Å². The van der Waals surface area contributed by atoms with Crippen molar-refractivity contribution in [1.29, 1.82) is 0 Å². The van der Waals surface area contributed by atoms with Gasteiger partial charge >= 0.3 is 5.97 Å². The Bertz CT molecular complexity index is 1260. The van der Waals surface area contributed by atoms with Gasteiger partial charge in [-0.15, -0.1) is 0 Å². The van der Waals surface area contributed by atoms with Crippen molar-refractivity contribution in [3.8, 4) is 0 Å². The molecule has 0 bridgehead atoms. The van der Waals surface area contributed by atoms with Crippen LogP contribution in [0.25, 0.3) is 27.5 Å². The van der Waals surface area contributed by atoms with Gasteiger partial charge in [-0.25, -0.2) is 4.79 Å². The molecule has 3 aromatic rings. The van der Waals surface area contributed by atoms with Crippen LogP contribution >= 0.6 is 0 Å². The summed E-state index contributed by atoms with van der Waals surface area (Å²) in [5.74, 6) is -0.826. The number of hydrogen-bond donors (Lipinski definition) is 0. The average molecular weight is 380 g/mol. The molecule has 0 atom stereocenters. The van der Waals surface area contributed by atoms with Crippen molar-refractivity contribution in [3.05, 3.63) is 89.0 Å². The number of rotatable bonds is 2. The molecule has 0 fully saturated rings. The van der Waals surface area contributed by atoms with E-state index in [0.29, 0.717) is 11.1 Å². The summed E-state index contributed by atoms with van der Waals surface area (Å²) in [6.07, 6.45) is 0. The van der Waals surface area contributed by atoms with E-state index >= 15 is 0 Å². The van der Waals surface area contributed by atoms with E-state index in [1.54, 1.807) is 0 Å². The van der Waals surface area contributed by atoms with E-state index in [1.807, 2.05) is 75.4 Å². The van der Waals surface area contributed by atoms with Crippen LogP contribution in [0.3, 0.4) is 0 Å². The van der Waals surface area contributed by atoms with Crippen LogP contribution in [-0.2, 0) is 14.3 Å². The van der Waals surface area contributed by atoms with Crippen molar-refractivity contribution in [2.45, 2.75) is 26.4 Å². The summed E-state index contributed by atoms with van der Waals surface area (Å²) in [6.45, 7) is 5.43. The molecule has 0 radical (unpaired) electrons. The minimum Gasteiger partial charge on any atom is -0.456 e. The van der Waals surface area contributed by atoms with Crippen LogP contribution in [-0.4, -0.2) is 17.4 Å². The van der Waals surface area contributed by atoms with Gasteiger partial charge in [0.25, 0.3) is 0 Å². The van der Waals surface area contributed by atoms with E-state index in [-0.39, 0.29) is 11.4 Å². The van der Waals surface area contributed by atoms with Crippen molar-refractivity contribution in [2.75, 3.05) is 0 Å². The second-order valence-corrected chi connectivity index (χ2v) is 8.41. The first-order valence-corrected chi connectivity index (χ1v) is 9.72. The fraction of sp³-hybridized carbons (Fsp3) is 0.154. The monoisotopic (exact) mass is 380 g/mol. The zero-order valence-electron chi connectivity index (χ0n) is 16.6. The number of benzene rings is 3. The predicted molar refractivity (Wildman–Crippen MR) is 115 cm³/mol. The van der Waals surface area contributed by atoms with Gasteiger partial charge in [-0.2, -0.15) is 0 Å². The summed E-state index contributed by atoms with van der Waals surface area (Å²) in [5, 5.41) is 2.18. The maximum atomic E-state index is 13.6. The SMILES string of the molecule is CC(C)(C)OC(=O)C1=C2C(=C(c3ccccc3)C1=O)c1cccc3cccc2c13. The second kappa shape index (κ2) is 6.02. The molecule has 0 amide bonds. The highest BCUT2D eigenvalue weighted by Crippen LogP contribution is 2.54. The van der Waals surface area contributed by atoms with Crippen LogP contribution < -0.4 is 0 Å². The molecule has 3 nitrogen and oxygen atoms in total. The van der Waals surface area contributed by atoms with Crippen LogP contribution in [0.2, 0.25) is 0 Å². The maximum absolute atomic E-state index is 13.6. The lowest BCUT2D eigenvalue weighted by Crippen LogP contribution is -2.27. The topological polar surface area (TPSA) is 43.4 Å². The lowest BCUT2D eigenvalue weighted by atomic mass is 9.95. The summed E-state index contributed by atoms with van der Waals surface area (Å²) in [7, 11) is 0. The lowest BCUT2D eigenvalue weighted by Gasteiger charge is -2.20. The van der Waals surface area contributed by atoms with Crippen molar-refractivity contribution in [1.82, 2.24) is 0 Å². The standard InChI is InChI=1S/C26H20O3/c1-26(2,3)29-25(28)23-22-18-14-8-12-15-11-7-13-17(19(15)18)21(22)20(24(23)27)16-9-5-4-6-10-16/h4-14H,1-3H3. The van der Waals surface area contributed by atoms with Gasteiger partial charge in [0.1, 0.15) is 11.2 Å². The lowest BCUT2D eigenvalue weighted by molar-refractivity contribution is -0.150. The van der Waals surface area contributed by atoms with Crippen molar-refractivity contribution >= 4 is 39.2 Å². The van der Waals surface area contributed by atoms with Gasteiger partial charge in [0.05, 0.1) is 0 Å². The van der Waals surface area contributed by atoms with E-state index in [4.69, 9.17) is 4.74 Å². The van der Waals surface area contributed by atoms with Gasteiger partial charge in [-0.3, -0.25) is 4.79 Å². The third kappa shape index (κ3) is 2.58. The first-order chi connectivity index (χ1) is 13.9. The number of hydrogen-bond acceptors (Lipinski definition) is 3. The Morgan fingerprint density at radius 1 is 0.759 bits per heavy atom. The van der Waals surface area contributed by atoms with Crippen LogP contribution in [0.5, 0.6) is 0 Å². The molecule has 0 spiro atoms.